The zero-order valence-corrected chi connectivity index (χ0v) is 19.1. The summed E-state index contributed by atoms with van der Waals surface area (Å²) in [7, 11) is 1.77. The SMILES string of the molecule is CN=C(NCCCCN1C(=O)c2ccccc2C1=O)NCCCN(C(C)C)C(C)C. The zero-order chi connectivity index (χ0) is 22.1. The fourth-order valence-corrected chi connectivity index (χ4v) is 3.85. The number of unbranched alkanes of at least 4 members (excludes halogenated alkanes) is 1. The van der Waals surface area contributed by atoms with Crippen LogP contribution in [0.25, 0.3) is 0 Å². The van der Waals surface area contributed by atoms with Crippen LogP contribution in [-0.2, 0) is 0 Å². The van der Waals surface area contributed by atoms with Crippen LogP contribution in [0.2, 0.25) is 0 Å². The Hall–Kier alpha value is -2.41. The molecule has 166 valence electrons. The van der Waals surface area contributed by atoms with Gasteiger partial charge in [-0.05, 0) is 59.1 Å². The lowest BCUT2D eigenvalue weighted by molar-refractivity contribution is 0.0652. The topological polar surface area (TPSA) is 77.0 Å². The fraction of sp³-hybridized carbons (Fsp3) is 0.609. The van der Waals surface area contributed by atoms with E-state index in [0.717, 1.165) is 44.9 Å². The van der Waals surface area contributed by atoms with Crippen molar-refractivity contribution in [3.05, 3.63) is 35.4 Å². The monoisotopic (exact) mass is 415 g/mol. The number of hydrogen-bond donors (Lipinski definition) is 2. The Morgan fingerprint density at radius 1 is 0.933 bits per heavy atom. The summed E-state index contributed by atoms with van der Waals surface area (Å²) in [6.07, 6.45) is 2.66. The number of benzene rings is 1. The van der Waals surface area contributed by atoms with Gasteiger partial charge in [-0.3, -0.25) is 24.4 Å². The number of nitrogens with zero attached hydrogens (tertiary/aromatic N) is 3. The van der Waals surface area contributed by atoms with Gasteiger partial charge < -0.3 is 10.6 Å². The first kappa shape index (κ1) is 23.9. The lowest BCUT2D eigenvalue weighted by atomic mass is 10.1. The molecule has 0 radical (unpaired) electrons. The Morgan fingerprint density at radius 2 is 1.47 bits per heavy atom. The summed E-state index contributed by atoms with van der Waals surface area (Å²) in [6.45, 7) is 12.0. The van der Waals surface area contributed by atoms with Crippen molar-refractivity contribution in [2.75, 3.05) is 33.2 Å². The Kier molecular flexibility index (Phi) is 9.30. The molecule has 1 aliphatic rings. The van der Waals surface area contributed by atoms with E-state index in [1.807, 2.05) is 0 Å². The van der Waals surface area contributed by atoms with E-state index in [2.05, 4.69) is 48.2 Å². The Bertz CT molecular complexity index is 702. The van der Waals surface area contributed by atoms with Crippen molar-refractivity contribution in [1.29, 1.82) is 0 Å². The van der Waals surface area contributed by atoms with Gasteiger partial charge >= 0.3 is 0 Å². The summed E-state index contributed by atoms with van der Waals surface area (Å²) in [5.74, 6) is 0.423. The summed E-state index contributed by atoms with van der Waals surface area (Å²) in [5, 5.41) is 6.66. The summed E-state index contributed by atoms with van der Waals surface area (Å²) >= 11 is 0. The number of carbonyl (C=O) groups excluding carboxylic acids is 2. The van der Waals surface area contributed by atoms with Gasteiger partial charge in [0.05, 0.1) is 11.1 Å². The molecule has 1 aliphatic heterocycles. The second-order valence-electron chi connectivity index (χ2n) is 8.22. The summed E-state index contributed by atoms with van der Waals surface area (Å²) in [5.41, 5.74) is 1.03. The van der Waals surface area contributed by atoms with E-state index in [1.54, 1.807) is 31.3 Å². The molecule has 1 aromatic rings. The molecule has 7 heteroatoms. The maximum Gasteiger partial charge on any atom is 0.261 e. The number of carbonyl (C=O) groups is 2. The highest BCUT2D eigenvalue weighted by Crippen LogP contribution is 2.22. The standard InChI is InChI=1S/C23H37N5O2/c1-17(2)27(18(3)4)16-10-14-26-23(24-5)25-13-8-9-15-28-21(29)19-11-6-7-12-20(19)22(28)30/h6-7,11-12,17-18H,8-10,13-16H2,1-5H3,(H2,24,25,26). The second-order valence-corrected chi connectivity index (χ2v) is 8.22. The van der Waals surface area contributed by atoms with Crippen LogP contribution < -0.4 is 10.6 Å². The summed E-state index contributed by atoms with van der Waals surface area (Å²) in [4.78, 5) is 32.8. The maximum atomic E-state index is 12.4. The van der Waals surface area contributed by atoms with Crippen LogP contribution in [0.4, 0.5) is 0 Å². The minimum Gasteiger partial charge on any atom is -0.356 e. The summed E-state index contributed by atoms with van der Waals surface area (Å²) in [6, 6.07) is 8.11. The third-order valence-corrected chi connectivity index (χ3v) is 5.41. The smallest absolute Gasteiger partial charge is 0.261 e. The van der Waals surface area contributed by atoms with Crippen LogP contribution in [0, 0.1) is 0 Å². The van der Waals surface area contributed by atoms with Gasteiger partial charge in [0.2, 0.25) is 0 Å². The van der Waals surface area contributed by atoms with Crippen molar-refractivity contribution in [3.63, 3.8) is 0 Å². The van der Waals surface area contributed by atoms with Gasteiger partial charge in [-0.25, -0.2) is 0 Å². The maximum absolute atomic E-state index is 12.4. The summed E-state index contributed by atoms with van der Waals surface area (Å²) < 4.78 is 0. The molecule has 1 heterocycles. The van der Waals surface area contributed by atoms with E-state index < -0.39 is 0 Å². The molecular weight excluding hydrogens is 378 g/mol. The van der Waals surface area contributed by atoms with Crippen molar-refractivity contribution < 1.29 is 9.59 Å². The molecule has 2 N–H and O–H groups in total. The first-order valence-corrected chi connectivity index (χ1v) is 11.0. The third kappa shape index (κ3) is 6.29. The van der Waals surface area contributed by atoms with Crippen LogP contribution >= 0.6 is 0 Å². The number of rotatable bonds is 11. The Morgan fingerprint density at radius 3 is 1.97 bits per heavy atom. The second kappa shape index (κ2) is 11.7. The average Bonchev–Trinajstić information content (AvgIpc) is 2.96. The van der Waals surface area contributed by atoms with E-state index in [-0.39, 0.29) is 11.8 Å². The average molecular weight is 416 g/mol. The van der Waals surface area contributed by atoms with Crippen LogP contribution in [0.1, 0.15) is 67.7 Å². The molecule has 0 atom stereocenters. The van der Waals surface area contributed by atoms with Crippen LogP contribution in [-0.4, -0.2) is 72.9 Å². The normalized spacial score (nSPS) is 14.3. The van der Waals surface area contributed by atoms with Crippen LogP contribution in [0.15, 0.2) is 29.3 Å². The molecule has 0 spiro atoms. The van der Waals surface area contributed by atoms with Gasteiger partial charge in [-0.15, -0.1) is 0 Å². The van der Waals surface area contributed by atoms with Gasteiger partial charge in [-0.1, -0.05) is 12.1 Å². The molecule has 2 rings (SSSR count). The molecule has 0 saturated heterocycles. The molecule has 0 fully saturated rings. The minimum absolute atomic E-state index is 0.183. The fourth-order valence-electron chi connectivity index (χ4n) is 3.85. The number of amides is 2. The number of guanidine groups is 1. The van der Waals surface area contributed by atoms with Gasteiger partial charge in [0.1, 0.15) is 0 Å². The number of hydrogen-bond acceptors (Lipinski definition) is 4. The Balaban J connectivity index is 1.63. The van der Waals surface area contributed by atoms with E-state index in [1.165, 1.54) is 4.90 Å². The highest BCUT2D eigenvalue weighted by Gasteiger charge is 2.34. The van der Waals surface area contributed by atoms with Crippen molar-refractivity contribution in [2.24, 2.45) is 4.99 Å². The van der Waals surface area contributed by atoms with E-state index >= 15 is 0 Å². The molecule has 7 nitrogen and oxygen atoms in total. The predicted octanol–water partition coefficient (Wildman–Crippen LogP) is 2.74. The number of fused-ring (bicyclic) bond motifs is 1. The van der Waals surface area contributed by atoms with Crippen LogP contribution in [0.3, 0.4) is 0 Å². The van der Waals surface area contributed by atoms with Crippen molar-refractivity contribution >= 4 is 17.8 Å². The Labute approximate surface area is 180 Å². The van der Waals surface area contributed by atoms with Crippen molar-refractivity contribution in [3.8, 4) is 0 Å². The molecule has 30 heavy (non-hydrogen) atoms. The molecular formula is C23H37N5O2. The van der Waals surface area contributed by atoms with Crippen LogP contribution in [0.5, 0.6) is 0 Å². The molecule has 0 bridgehead atoms. The molecule has 0 aliphatic carbocycles. The molecule has 2 amide bonds. The zero-order valence-electron chi connectivity index (χ0n) is 19.1. The lowest BCUT2D eigenvalue weighted by Gasteiger charge is -2.30. The first-order valence-electron chi connectivity index (χ1n) is 11.0. The van der Waals surface area contributed by atoms with Crippen molar-refractivity contribution in [1.82, 2.24) is 20.4 Å². The first-order chi connectivity index (χ1) is 14.4. The van der Waals surface area contributed by atoms with Gasteiger partial charge in [0, 0.05) is 45.3 Å². The van der Waals surface area contributed by atoms with E-state index in [9.17, 15) is 9.59 Å². The van der Waals surface area contributed by atoms with E-state index in [4.69, 9.17) is 0 Å². The quantitative estimate of drug-likeness (QED) is 0.252. The highest BCUT2D eigenvalue weighted by molar-refractivity contribution is 6.21. The lowest BCUT2D eigenvalue weighted by Crippen LogP contribution is -2.41. The molecule has 0 saturated carbocycles. The van der Waals surface area contributed by atoms with Crippen molar-refractivity contribution in [2.45, 2.75) is 59.0 Å². The number of imide groups is 1. The van der Waals surface area contributed by atoms with Gasteiger partial charge in [0.25, 0.3) is 11.8 Å². The number of aliphatic imine (C=N–C) groups is 1. The number of nitrogens with one attached hydrogen (secondary N) is 2. The molecule has 1 aromatic carbocycles. The third-order valence-electron chi connectivity index (χ3n) is 5.41. The minimum atomic E-state index is -0.183. The van der Waals surface area contributed by atoms with E-state index in [0.29, 0.717) is 29.8 Å². The molecule has 0 aromatic heterocycles. The van der Waals surface area contributed by atoms with Gasteiger partial charge in [0.15, 0.2) is 5.96 Å². The highest BCUT2D eigenvalue weighted by atomic mass is 16.2. The molecule has 0 unspecified atom stereocenters. The predicted molar refractivity (Wildman–Crippen MR) is 122 cm³/mol. The largest absolute Gasteiger partial charge is 0.356 e. The van der Waals surface area contributed by atoms with Gasteiger partial charge in [-0.2, -0.15) is 0 Å².